The summed E-state index contributed by atoms with van der Waals surface area (Å²) in [5.41, 5.74) is 2.54. The fourth-order valence-electron chi connectivity index (χ4n) is 2.40. The fraction of sp³-hybridized carbons (Fsp3) is 0.400. The van der Waals surface area contributed by atoms with Gasteiger partial charge in [0.05, 0.1) is 5.69 Å². The summed E-state index contributed by atoms with van der Waals surface area (Å²) in [6, 6.07) is 2.58. The number of fused-ring (bicyclic) bond motifs is 1. The Labute approximate surface area is 127 Å². The zero-order chi connectivity index (χ0) is 13.9. The van der Waals surface area contributed by atoms with Crippen LogP contribution < -0.4 is 5.32 Å². The van der Waals surface area contributed by atoms with Gasteiger partial charge < -0.3 is 5.32 Å². The molecule has 0 aliphatic carbocycles. The number of thiophene rings is 1. The van der Waals surface area contributed by atoms with Gasteiger partial charge in [-0.2, -0.15) is 0 Å². The molecule has 1 unspecified atom stereocenters. The van der Waals surface area contributed by atoms with Crippen LogP contribution in [0.5, 0.6) is 0 Å². The van der Waals surface area contributed by atoms with E-state index < -0.39 is 0 Å². The predicted octanol–water partition coefficient (Wildman–Crippen LogP) is 4.05. The Morgan fingerprint density at radius 3 is 2.95 bits per heavy atom. The van der Waals surface area contributed by atoms with Gasteiger partial charge in [-0.1, -0.05) is 6.92 Å². The zero-order valence-corrected chi connectivity index (χ0v) is 13.4. The van der Waals surface area contributed by atoms with E-state index in [2.05, 4.69) is 52.8 Å². The van der Waals surface area contributed by atoms with Gasteiger partial charge in [0, 0.05) is 35.1 Å². The van der Waals surface area contributed by atoms with Crippen LogP contribution in [0.1, 0.15) is 35.5 Å². The molecule has 3 rings (SSSR count). The summed E-state index contributed by atoms with van der Waals surface area (Å²) in [6.07, 6.45) is 6.33. The lowest BCUT2D eigenvalue weighted by molar-refractivity contribution is 0.531. The summed E-state index contributed by atoms with van der Waals surface area (Å²) < 4.78 is 2.11. The molecule has 0 saturated heterocycles. The summed E-state index contributed by atoms with van der Waals surface area (Å²) in [4.78, 5) is 7.23. The number of imidazole rings is 1. The average molecular weight is 305 g/mol. The lowest BCUT2D eigenvalue weighted by Gasteiger charge is -2.17. The van der Waals surface area contributed by atoms with Crippen LogP contribution in [-0.2, 0) is 6.42 Å². The summed E-state index contributed by atoms with van der Waals surface area (Å²) in [5.74, 6) is 0. The third-order valence-electron chi connectivity index (χ3n) is 3.42. The molecule has 0 fully saturated rings. The SMILES string of the molecule is CCCNC(Cc1cn2ccsc2n1)c1sccc1C. The van der Waals surface area contributed by atoms with Gasteiger partial charge in [-0.25, -0.2) is 4.98 Å². The minimum absolute atomic E-state index is 0.375. The number of aryl methyl sites for hydroxylation is 1. The molecule has 0 spiro atoms. The van der Waals surface area contributed by atoms with Crippen molar-refractivity contribution in [2.24, 2.45) is 0 Å². The lowest BCUT2D eigenvalue weighted by Crippen LogP contribution is -2.24. The molecule has 0 bridgehead atoms. The molecule has 5 heteroatoms. The van der Waals surface area contributed by atoms with Crippen LogP contribution in [0.25, 0.3) is 4.96 Å². The van der Waals surface area contributed by atoms with Gasteiger partial charge in [0.2, 0.25) is 0 Å². The maximum atomic E-state index is 4.71. The van der Waals surface area contributed by atoms with Crippen molar-refractivity contribution in [3.63, 3.8) is 0 Å². The van der Waals surface area contributed by atoms with E-state index in [4.69, 9.17) is 4.98 Å². The van der Waals surface area contributed by atoms with Gasteiger partial charge >= 0.3 is 0 Å². The van der Waals surface area contributed by atoms with Gasteiger partial charge in [0.15, 0.2) is 4.96 Å². The second kappa shape index (κ2) is 6.08. The number of thiazole rings is 1. The third kappa shape index (κ3) is 2.80. The maximum Gasteiger partial charge on any atom is 0.193 e. The topological polar surface area (TPSA) is 29.3 Å². The van der Waals surface area contributed by atoms with Crippen LogP contribution in [0.4, 0.5) is 0 Å². The molecule has 106 valence electrons. The van der Waals surface area contributed by atoms with E-state index in [0.29, 0.717) is 6.04 Å². The molecular weight excluding hydrogens is 286 g/mol. The van der Waals surface area contributed by atoms with Crippen molar-refractivity contribution < 1.29 is 0 Å². The first-order valence-corrected chi connectivity index (χ1v) is 8.72. The summed E-state index contributed by atoms with van der Waals surface area (Å²) in [5, 5.41) is 7.91. The standard InChI is InChI=1S/C15H19N3S2/c1-3-5-16-13(14-11(2)4-7-19-14)9-12-10-18-6-8-20-15(18)17-12/h4,6-8,10,13,16H,3,5,9H2,1-2H3. The third-order valence-corrected chi connectivity index (χ3v) is 5.32. The van der Waals surface area contributed by atoms with Gasteiger partial charge in [0.25, 0.3) is 0 Å². The van der Waals surface area contributed by atoms with Crippen molar-refractivity contribution in [1.82, 2.24) is 14.7 Å². The molecule has 1 atom stereocenters. The molecule has 3 nitrogen and oxygen atoms in total. The minimum atomic E-state index is 0.375. The highest BCUT2D eigenvalue weighted by Crippen LogP contribution is 2.27. The van der Waals surface area contributed by atoms with E-state index >= 15 is 0 Å². The van der Waals surface area contributed by atoms with Crippen LogP contribution >= 0.6 is 22.7 Å². The first-order valence-electron chi connectivity index (χ1n) is 6.96. The Balaban J connectivity index is 1.82. The molecular formula is C15H19N3S2. The average Bonchev–Trinajstić information content (AvgIpc) is 3.10. The molecule has 3 heterocycles. The summed E-state index contributed by atoms with van der Waals surface area (Å²) in [7, 11) is 0. The Morgan fingerprint density at radius 2 is 2.25 bits per heavy atom. The van der Waals surface area contributed by atoms with Gasteiger partial charge in [-0.15, -0.1) is 22.7 Å². The molecule has 3 aromatic rings. The highest BCUT2D eigenvalue weighted by Gasteiger charge is 2.17. The molecule has 1 N–H and O–H groups in total. The predicted molar refractivity (Wildman–Crippen MR) is 86.9 cm³/mol. The maximum absolute atomic E-state index is 4.71. The number of hydrogen-bond donors (Lipinski definition) is 1. The van der Waals surface area contributed by atoms with Crippen LogP contribution in [0.3, 0.4) is 0 Å². The second-order valence-electron chi connectivity index (χ2n) is 5.00. The smallest absolute Gasteiger partial charge is 0.193 e. The quantitative estimate of drug-likeness (QED) is 0.744. The van der Waals surface area contributed by atoms with E-state index in [0.717, 1.165) is 24.3 Å². The first-order chi connectivity index (χ1) is 9.78. The molecule has 0 saturated carbocycles. The van der Waals surface area contributed by atoms with Crippen molar-refractivity contribution in [3.8, 4) is 0 Å². The molecule has 0 aromatic carbocycles. The number of nitrogens with zero attached hydrogens (tertiary/aromatic N) is 2. The largest absolute Gasteiger partial charge is 0.309 e. The Hall–Kier alpha value is -1.17. The highest BCUT2D eigenvalue weighted by molar-refractivity contribution is 7.15. The lowest BCUT2D eigenvalue weighted by atomic mass is 10.1. The van der Waals surface area contributed by atoms with Crippen LogP contribution in [0, 0.1) is 6.92 Å². The molecule has 0 radical (unpaired) electrons. The molecule has 20 heavy (non-hydrogen) atoms. The monoisotopic (exact) mass is 305 g/mol. The number of hydrogen-bond acceptors (Lipinski definition) is 4. The van der Waals surface area contributed by atoms with Gasteiger partial charge in [0.1, 0.15) is 0 Å². The summed E-state index contributed by atoms with van der Waals surface area (Å²) >= 11 is 3.53. The fourth-order valence-corrected chi connectivity index (χ4v) is 4.12. The highest BCUT2D eigenvalue weighted by atomic mass is 32.1. The normalized spacial score (nSPS) is 13.1. The van der Waals surface area contributed by atoms with Crippen molar-refractivity contribution >= 4 is 27.6 Å². The molecule has 0 amide bonds. The van der Waals surface area contributed by atoms with Crippen LogP contribution in [0.15, 0.2) is 29.2 Å². The number of nitrogens with one attached hydrogen (secondary N) is 1. The molecule has 0 aliphatic heterocycles. The Bertz CT molecular complexity index is 651. The van der Waals surface area contributed by atoms with Gasteiger partial charge in [-0.05, 0) is 36.9 Å². The Morgan fingerprint density at radius 1 is 1.35 bits per heavy atom. The first kappa shape index (κ1) is 13.8. The van der Waals surface area contributed by atoms with Crippen LogP contribution in [-0.4, -0.2) is 15.9 Å². The van der Waals surface area contributed by atoms with E-state index in [-0.39, 0.29) is 0 Å². The van der Waals surface area contributed by atoms with Crippen molar-refractivity contribution in [2.45, 2.75) is 32.7 Å². The van der Waals surface area contributed by atoms with E-state index in [1.165, 1.54) is 16.1 Å². The molecule has 3 aromatic heterocycles. The Kier molecular flexibility index (Phi) is 4.19. The van der Waals surface area contributed by atoms with E-state index in [1.807, 2.05) is 11.3 Å². The molecule has 0 aliphatic rings. The van der Waals surface area contributed by atoms with E-state index in [1.54, 1.807) is 11.3 Å². The van der Waals surface area contributed by atoms with Crippen molar-refractivity contribution in [2.75, 3.05) is 6.54 Å². The summed E-state index contributed by atoms with van der Waals surface area (Å²) in [6.45, 7) is 5.44. The number of rotatable bonds is 6. The van der Waals surface area contributed by atoms with Crippen molar-refractivity contribution in [3.05, 3.63) is 45.4 Å². The zero-order valence-electron chi connectivity index (χ0n) is 11.8. The number of aromatic nitrogens is 2. The van der Waals surface area contributed by atoms with Crippen molar-refractivity contribution in [1.29, 1.82) is 0 Å². The van der Waals surface area contributed by atoms with E-state index in [9.17, 15) is 0 Å². The van der Waals surface area contributed by atoms with Crippen LogP contribution in [0.2, 0.25) is 0 Å². The second-order valence-corrected chi connectivity index (χ2v) is 6.82. The minimum Gasteiger partial charge on any atom is -0.309 e. The van der Waals surface area contributed by atoms with Gasteiger partial charge in [-0.3, -0.25) is 4.40 Å².